The van der Waals surface area contributed by atoms with Gasteiger partial charge in [-0.3, -0.25) is 0 Å². The number of ether oxygens (including phenoxy) is 1. The van der Waals surface area contributed by atoms with E-state index in [1.54, 1.807) is 13.2 Å². The summed E-state index contributed by atoms with van der Waals surface area (Å²) < 4.78 is 5.19. The molecule has 4 N–H and O–H groups in total. The highest BCUT2D eigenvalue weighted by atomic mass is 16.5. The molecule has 1 aliphatic rings. The molecular weight excluding hydrogens is 194 g/mol. The second kappa shape index (κ2) is 4.41. The van der Waals surface area contributed by atoms with E-state index in [2.05, 4.69) is 20.7 Å². The van der Waals surface area contributed by atoms with Gasteiger partial charge >= 0.3 is 0 Å². The third-order valence-corrected chi connectivity index (χ3v) is 2.60. The van der Waals surface area contributed by atoms with Crippen LogP contribution in [0.3, 0.4) is 0 Å². The zero-order valence-electron chi connectivity index (χ0n) is 8.60. The molecule has 1 saturated carbocycles. The summed E-state index contributed by atoms with van der Waals surface area (Å²) in [6.45, 7) is 0. The third-order valence-electron chi connectivity index (χ3n) is 2.60. The summed E-state index contributed by atoms with van der Waals surface area (Å²) in [7, 11) is 1.74. The van der Waals surface area contributed by atoms with Gasteiger partial charge in [0, 0.05) is 19.2 Å². The van der Waals surface area contributed by atoms with Crippen LogP contribution in [0.25, 0.3) is 0 Å². The predicted octanol–water partition coefficient (Wildman–Crippen LogP) is 0.351. The molecule has 1 aliphatic carbocycles. The Labute approximate surface area is 88.2 Å². The number of methoxy groups -OCH3 is 1. The normalized spacial score (nSPS) is 24.4. The van der Waals surface area contributed by atoms with Crippen molar-refractivity contribution >= 4 is 11.6 Å². The average molecular weight is 209 g/mol. The van der Waals surface area contributed by atoms with Gasteiger partial charge in [-0.05, 0) is 12.8 Å². The topological polar surface area (TPSA) is 85.1 Å². The lowest BCUT2D eigenvalue weighted by atomic mass is 9.89. The van der Waals surface area contributed by atoms with Crippen molar-refractivity contribution in [1.29, 1.82) is 0 Å². The van der Waals surface area contributed by atoms with E-state index in [-0.39, 0.29) is 0 Å². The number of anilines is 2. The van der Waals surface area contributed by atoms with E-state index in [0.717, 1.165) is 18.7 Å². The number of hydrazine groups is 1. The molecule has 0 unspecified atom stereocenters. The maximum absolute atomic E-state index is 5.25. The first-order chi connectivity index (χ1) is 7.31. The molecule has 15 heavy (non-hydrogen) atoms. The van der Waals surface area contributed by atoms with Gasteiger partial charge in [-0.15, -0.1) is 0 Å². The summed E-state index contributed by atoms with van der Waals surface area (Å²) in [5, 5.41) is 3.29. The molecule has 0 atom stereocenters. The molecule has 0 radical (unpaired) electrons. The van der Waals surface area contributed by atoms with Crippen molar-refractivity contribution in [2.75, 3.05) is 17.9 Å². The SMILES string of the molecule is COC1CC(Nc2cc(NN)ncn2)C1. The van der Waals surface area contributed by atoms with Crippen molar-refractivity contribution in [3.63, 3.8) is 0 Å². The monoisotopic (exact) mass is 209 g/mol. The lowest BCUT2D eigenvalue weighted by Gasteiger charge is -2.34. The minimum absolute atomic E-state index is 0.386. The molecule has 2 rings (SSSR count). The van der Waals surface area contributed by atoms with Crippen LogP contribution in [-0.4, -0.2) is 29.2 Å². The predicted molar refractivity (Wildman–Crippen MR) is 57.3 cm³/mol. The number of hydrogen-bond acceptors (Lipinski definition) is 6. The second-order valence-corrected chi connectivity index (χ2v) is 3.60. The van der Waals surface area contributed by atoms with E-state index in [1.165, 1.54) is 6.33 Å². The highest BCUT2D eigenvalue weighted by Crippen LogP contribution is 2.25. The van der Waals surface area contributed by atoms with E-state index < -0.39 is 0 Å². The number of rotatable bonds is 4. The Hall–Kier alpha value is -1.40. The van der Waals surface area contributed by atoms with Crippen molar-refractivity contribution in [2.24, 2.45) is 5.84 Å². The quantitative estimate of drug-likeness (QED) is 0.490. The highest BCUT2D eigenvalue weighted by molar-refractivity contribution is 5.46. The lowest BCUT2D eigenvalue weighted by Crippen LogP contribution is -2.40. The van der Waals surface area contributed by atoms with Crippen molar-refractivity contribution in [3.8, 4) is 0 Å². The smallest absolute Gasteiger partial charge is 0.145 e. The number of nitrogens with two attached hydrogens (primary N) is 1. The average Bonchev–Trinajstić information content (AvgIpc) is 2.23. The Kier molecular flexibility index (Phi) is 2.98. The molecule has 0 aromatic carbocycles. The van der Waals surface area contributed by atoms with Gasteiger partial charge in [0.05, 0.1) is 6.10 Å². The number of nitrogens with one attached hydrogen (secondary N) is 2. The van der Waals surface area contributed by atoms with Crippen LogP contribution in [0.1, 0.15) is 12.8 Å². The molecule has 0 spiro atoms. The molecule has 1 aromatic heterocycles. The highest BCUT2D eigenvalue weighted by Gasteiger charge is 2.28. The molecule has 1 aromatic rings. The van der Waals surface area contributed by atoms with Crippen molar-refractivity contribution < 1.29 is 4.74 Å². The van der Waals surface area contributed by atoms with E-state index >= 15 is 0 Å². The van der Waals surface area contributed by atoms with E-state index in [1.807, 2.05) is 0 Å². The lowest BCUT2D eigenvalue weighted by molar-refractivity contribution is 0.0328. The number of nitrogens with zero attached hydrogens (tertiary/aromatic N) is 2. The van der Waals surface area contributed by atoms with E-state index in [0.29, 0.717) is 18.0 Å². The van der Waals surface area contributed by atoms with Gasteiger partial charge in [0.15, 0.2) is 0 Å². The molecule has 6 nitrogen and oxygen atoms in total. The summed E-state index contributed by atoms with van der Waals surface area (Å²) in [6, 6.07) is 2.22. The maximum atomic E-state index is 5.25. The van der Waals surface area contributed by atoms with Crippen LogP contribution in [0.15, 0.2) is 12.4 Å². The van der Waals surface area contributed by atoms with Crippen LogP contribution in [0.4, 0.5) is 11.6 Å². The first-order valence-corrected chi connectivity index (χ1v) is 4.90. The van der Waals surface area contributed by atoms with Crippen LogP contribution in [0.2, 0.25) is 0 Å². The van der Waals surface area contributed by atoms with Crippen LogP contribution in [0.5, 0.6) is 0 Å². The number of aromatic nitrogens is 2. The largest absolute Gasteiger partial charge is 0.381 e. The van der Waals surface area contributed by atoms with Crippen molar-refractivity contribution in [1.82, 2.24) is 9.97 Å². The fourth-order valence-corrected chi connectivity index (χ4v) is 1.60. The van der Waals surface area contributed by atoms with Gasteiger partial charge in [0.25, 0.3) is 0 Å². The fraction of sp³-hybridized carbons (Fsp3) is 0.556. The zero-order valence-corrected chi connectivity index (χ0v) is 8.60. The van der Waals surface area contributed by atoms with Crippen molar-refractivity contribution in [2.45, 2.75) is 25.0 Å². The summed E-state index contributed by atoms with van der Waals surface area (Å²) in [4.78, 5) is 8.03. The molecule has 1 fully saturated rings. The van der Waals surface area contributed by atoms with Gasteiger partial charge in [0.1, 0.15) is 18.0 Å². The van der Waals surface area contributed by atoms with Gasteiger partial charge in [-0.1, -0.05) is 0 Å². The third kappa shape index (κ3) is 2.34. The molecule has 82 valence electrons. The molecular formula is C9H15N5O. The molecule has 0 amide bonds. The van der Waals surface area contributed by atoms with Crippen LogP contribution in [-0.2, 0) is 4.74 Å². The second-order valence-electron chi connectivity index (χ2n) is 3.60. The first-order valence-electron chi connectivity index (χ1n) is 4.90. The molecule has 1 heterocycles. The van der Waals surface area contributed by atoms with Crippen LogP contribution in [0, 0.1) is 0 Å². The molecule has 0 aliphatic heterocycles. The van der Waals surface area contributed by atoms with Gasteiger partial charge < -0.3 is 15.5 Å². The fourth-order valence-electron chi connectivity index (χ4n) is 1.60. The number of hydrogen-bond donors (Lipinski definition) is 3. The Balaban J connectivity index is 1.88. The first kappa shape index (κ1) is 10.1. The Morgan fingerprint density at radius 1 is 1.40 bits per heavy atom. The standard InChI is InChI=1S/C9H15N5O/c1-15-7-2-6(3-7)13-8-4-9(14-10)12-5-11-8/h4-7H,2-3,10H2,1H3,(H2,11,12,13,14). The number of nitrogen functional groups attached to an aromatic ring is 1. The maximum Gasteiger partial charge on any atom is 0.145 e. The zero-order chi connectivity index (χ0) is 10.7. The Morgan fingerprint density at radius 3 is 2.80 bits per heavy atom. The summed E-state index contributed by atoms with van der Waals surface area (Å²) in [5.74, 6) is 6.65. The van der Waals surface area contributed by atoms with Crippen LogP contribution < -0.4 is 16.6 Å². The molecule has 0 saturated heterocycles. The van der Waals surface area contributed by atoms with Gasteiger partial charge in [0.2, 0.25) is 0 Å². The Morgan fingerprint density at radius 2 is 2.13 bits per heavy atom. The molecule has 0 bridgehead atoms. The molecule has 6 heteroatoms. The summed E-state index contributed by atoms with van der Waals surface area (Å²) in [5.41, 5.74) is 2.48. The summed E-state index contributed by atoms with van der Waals surface area (Å²) in [6.07, 6.45) is 3.90. The van der Waals surface area contributed by atoms with Gasteiger partial charge in [-0.2, -0.15) is 0 Å². The van der Waals surface area contributed by atoms with Gasteiger partial charge in [-0.25, -0.2) is 15.8 Å². The van der Waals surface area contributed by atoms with E-state index in [4.69, 9.17) is 10.6 Å². The Bertz CT molecular complexity index is 326. The summed E-state index contributed by atoms with van der Waals surface area (Å²) >= 11 is 0. The minimum atomic E-state index is 0.386. The minimum Gasteiger partial charge on any atom is -0.381 e. The van der Waals surface area contributed by atoms with Crippen molar-refractivity contribution in [3.05, 3.63) is 12.4 Å². The van der Waals surface area contributed by atoms with E-state index in [9.17, 15) is 0 Å². The van der Waals surface area contributed by atoms with Crippen LogP contribution >= 0.6 is 0 Å².